The lowest BCUT2D eigenvalue weighted by molar-refractivity contribution is -0.140. The first kappa shape index (κ1) is 15.5. The molecule has 0 unspecified atom stereocenters. The molecular weight excluding hydrogens is 288 g/mol. The van der Waals surface area contributed by atoms with Gasteiger partial charge >= 0.3 is 5.97 Å². The molecule has 2 aromatic rings. The van der Waals surface area contributed by atoms with Gasteiger partial charge in [-0.2, -0.15) is 0 Å². The molecular formula is C15H18N2O3S. The number of aromatic nitrogens is 1. The largest absolute Gasteiger partial charge is 0.481 e. The molecule has 0 radical (unpaired) electrons. The number of benzene rings is 1. The summed E-state index contributed by atoms with van der Waals surface area (Å²) in [4.78, 5) is 16.2. The van der Waals surface area contributed by atoms with Crippen molar-refractivity contribution in [2.24, 2.45) is 0 Å². The summed E-state index contributed by atoms with van der Waals surface area (Å²) in [6, 6.07) is 7.76. The van der Waals surface area contributed by atoms with Crippen LogP contribution in [-0.2, 0) is 9.53 Å². The number of rotatable bonds is 7. The first-order chi connectivity index (χ1) is 10.1. The van der Waals surface area contributed by atoms with E-state index in [1.807, 2.05) is 44.4 Å². The van der Waals surface area contributed by atoms with Gasteiger partial charge < -0.3 is 15.2 Å². The Bertz CT molecular complexity index is 595. The molecule has 2 N–H and O–H groups in total. The smallest absolute Gasteiger partial charge is 0.306 e. The third-order valence-electron chi connectivity index (χ3n) is 3.01. The number of carboxylic acids is 1. The van der Waals surface area contributed by atoms with Crippen molar-refractivity contribution in [1.82, 2.24) is 4.98 Å². The Balaban J connectivity index is 2.18. The van der Waals surface area contributed by atoms with Crippen molar-refractivity contribution in [1.29, 1.82) is 0 Å². The number of aliphatic carboxylic acids is 1. The zero-order valence-corrected chi connectivity index (χ0v) is 12.8. The Hall–Kier alpha value is -1.92. The van der Waals surface area contributed by atoms with Crippen LogP contribution >= 0.6 is 11.3 Å². The number of anilines is 1. The Morgan fingerprint density at radius 2 is 2.14 bits per heavy atom. The summed E-state index contributed by atoms with van der Waals surface area (Å²) in [5.74, 6) is -0.862. The zero-order valence-electron chi connectivity index (χ0n) is 12.0. The Labute approximate surface area is 127 Å². The van der Waals surface area contributed by atoms with E-state index in [-0.39, 0.29) is 6.42 Å². The summed E-state index contributed by atoms with van der Waals surface area (Å²) in [5.41, 5.74) is 1.93. The first-order valence-corrected chi connectivity index (χ1v) is 7.53. The molecule has 5 nitrogen and oxygen atoms in total. The number of hydrogen-bond acceptors (Lipinski definition) is 5. The van der Waals surface area contributed by atoms with E-state index in [2.05, 4.69) is 10.3 Å². The molecule has 0 bridgehead atoms. The minimum Gasteiger partial charge on any atom is -0.481 e. The lowest BCUT2D eigenvalue weighted by atomic mass is 10.0. The van der Waals surface area contributed by atoms with E-state index in [1.54, 1.807) is 11.3 Å². The highest BCUT2D eigenvalue weighted by molar-refractivity contribution is 7.18. The van der Waals surface area contributed by atoms with Gasteiger partial charge in [0.25, 0.3) is 0 Å². The van der Waals surface area contributed by atoms with Crippen molar-refractivity contribution >= 4 is 22.4 Å². The van der Waals surface area contributed by atoms with Crippen LogP contribution in [0, 0.1) is 0 Å². The van der Waals surface area contributed by atoms with Crippen LogP contribution in [0.5, 0.6) is 0 Å². The Morgan fingerprint density at radius 3 is 2.67 bits per heavy atom. The van der Waals surface area contributed by atoms with E-state index in [9.17, 15) is 4.79 Å². The van der Waals surface area contributed by atoms with Crippen LogP contribution in [0.3, 0.4) is 0 Å². The standard InChI is InChI=1S/C15H18N2O3S/c1-3-20-12(8-14(18)19)10-4-6-11(7-5-10)13-9-17-15(16-2)21-13/h4-7,9,12H,3,8H2,1-2H3,(H,16,17)(H,18,19)/t12-/m0/s1. The average Bonchev–Trinajstić information content (AvgIpc) is 2.95. The second-order valence-electron chi connectivity index (χ2n) is 4.44. The van der Waals surface area contributed by atoms with Crippen molar-refractivity contribution in [3.8, 4) is 10.4 Å². The Morgan fingerprint density at radius 1 is 1.43 bits per heavy atom. The van der Waals surface area contributed by atoms with Gasteiger partial charge in [0.15, 0.2) is 5.13 Å². The molecule has 0 amide bonds. The van der Waals surface area contributed by atoms with Crippen LogP contribution in [0.1, 0.15) is 25.0 Å². The van der Waals surface area contributed by atoms with Gasteiger partial charge in [0, 0.05) is 19.9 Å². The number of ether oxygens (including phenoxy) is 1. The zero-order chi connectivity index (χ0) is 15.2. The average molecular weight is 306 g/mol. The highest BCUT2D eigenvalue weighted by Gasteiger charge is 2.16. The van der Waals surface area contributed by atoms with Crippen LogP contribution in [0.25, 0.3) is 10.4 Å². The number of carbonyl (C=O) groups is 1. The molecule has 0 saturated heterocycles. The van der Waals surface area contributed by atoms with Crippen molar-refractivity contribution in [3.05, 3.63) is 36.0 Å². The summed E-state index contributed by atoms with van der Waals surface area (Å²) in [6.07, 6.45) is 1.39. The van der Waals surface area contributed by atoms with Crippen LogP contribution in [0.2, 0.25) is 0 Å². The third kappa shape index (κ3) is 4.03. The van der Waals surface area contributed by atoms with Crippen molar-refractivity contribution in [2.45, 2.75) is 19.4 Å². The van der Waals surface area contributed by atoms with Gasteiger partial charge in [-0.05, 0) is 18.1 Å². The number of carboxylic acid groups (broad SMARTS) is 1. The minimum absolute atomic E-state index is 0.0301. The molecule has 0 saturated carbocycles. The summed E-state index contributed by atoms with van der Waals surface area (Å²) in [7, 11) is 1.84. The van der Waals surface area contributed by atoms with E-state index in [4.69, 9.17) is 9.84 Å². The lowest BCUT2D eigenvalue weighted by Gasteiger charge is -2.15. The maximum absolute atomic E-state index is 10.9. The predicted octanol–water partition coefficient (Wildman–Crippen LogP) is 3.40. The molecule has 112 valence electrons. The SMILES string of the molecule is CCO[C@@H](CC(=O)O)c1ccc(-c2cnc(NC)s2)cc1. The van der Waals surface area contributed by atoms with Gasteiger partial charge in [-0.25, -0.2) is 4.98 Å². The van der Waals surface area contributed by atoms with Crippen molar-refractivity contribution in [3.63, 3.8) is 0 Å². The molecule has 2 rings (SSSR count). The minimum atomic E-state index is -0.862. The second kappa shape index (κ2) is 7.19. The summed E-state index contributed by atoms with van der Waals surface area (Å²) in [6.45, 7) is 2.35. The molecule has 1 heterocycles. The van der Waals surface area contributed by atoms with Crippen LogP contribution in [0.4, 0.5) is 5.13 Å². The molecule has 21 heavy (non-hydrogen) atoms. The quantitative estimate of drug-likeness (QED) is 0.820. The molecule has 0 fully saturated rings. The van der Waals surface area contributed by atoms with E-state index in [0.717, 1.165) is 21.1 Å². The third-order valence-corrected chi connectivity index (χ3v) is 4.08. The van der Waals surface area contributed by atoms with Crippen LogP contribution in [-0.4, -0.2) is 29.7 Å². The van der Waals surface area contributed by atoms with E-state index < -0.39 is 12.1 Å². The van der Waals surface area contributed by atoms with Gasteiger partial charge in [-0.15, -0.1) is 0 Å². The van der Waals surface area contributed by atoms with Crippen molar-refractivity contribution in [2.75, 3.05) is 19.0 Å². The monoisotopic (exact) mass is 306 g/mol. The van der Waals surface area contributed by atoms with Gasteiger partial charge in [0.1, 0.15) is 0 Å². The number of thiazole rings is 1. The topological polar surface area (TPSA) is 71.5 Å². The molecule has 1 atom stereocenters. The molecule has 1 aromatic carbocycles. The van der Waals surface area contributed by atoms with Crippen LogP contribution < -0.4 is 5.32 Å². The van der Waals surface area contributed by atoms with E-state index in [0.29, 0.717) is 6.61 Å². The highest BCUT2D eigenvalue weighted by Crippen LogP contribution is 2.30. The second-order valence-corrected chi connectivity index (χ2v) is 5.47. The maximum Gasteiger partial charge on any atom is 0.306 e. The lowest BCUT2D eigenvalue weighted by Crippen LogP contribution is -2.10. The van der Waals surface area contributed by atoms with Gasteiger partial charge in [0.2, 0.25) is 0 Å². The summed E-state index contributed by atoms with van der Waals surface area (Å²) >= 11 is 1.57. The summed E-state index contributed by atoms with van der Waals surface area (Å²) in [5, 5.41) is 12.8. The number of nitrogens with one attached hydrogen (secondary N) is 1. The van der Waals surface area contributed by atoms with Crippen molar-refractivity contribution < 1.29 is 14.6 Å². The molecule has 0 aliphatic heterocycles. The predicted molar refractivity (Wildman–Crippen MR) is 83.7 cm³/mol. The fraction of sp³-hybridized carbons (Fsp3) is 0.333. The van der Waals surface area contributed by atoms with Gasteiger partial charge in [-0.1, -0.05) is 35.6 Å². The maximum atomic E-state index is 10.9. The van der Waals surface area contributed by atoms with Gasteiger partial charge in [0.05, 0.1) is 17.4 Å². The number of nitrogens with zero attached hydrogens (tertiary/aromatic N) is 1. The highest BCUT2D eigenvalue weighted by atomic mass is 32.1. The fourth-order valence-electron chi connectivity index (χ4n) is 2.02. The van der Waals surface area contributed by atoms with Crippen LogP contribution in [0.15, 0.2) is 30.5 Å². The van der Waals surface area contributed by atoms with Gasteiger partial charge in [-0.3, -0.25) is 4.79 Å². The fourth-order valence-corrected chi connectivity index (χ4v) is 2.79. The molecule has 0 aliphatic carbocycles. The van der Waals surface area contributed by atoms with E-state index in [1.165, 1.54) is 0 Å². The molecule has 6 heteroatoms. The molecule has 0 spiro atoms. The van der Waals surface area contributed by atoms with E-state index >= 15 is 0 Å². The number of hydrogen-bond donors (Lipinski definition) is 2. The normalized spacial score (nSPS) is 12.1. The molecule has 0 aliphatic rings. The Kier molecular flexibility index (Phi) is 5.30. The molecule has 1 aromatic heterocycles. The summed E-state index contributed by atoms with van der Waals surface area (Å²) < 4.78 is 5.51. The first-order valence-electron chi connectivity index (χ1n) is 6.71.